The van der Waals surface area contributed by atoms with E-state index in [1.807, 2.05) is 48.7 Å². The molecule has 2 aromatic carbocycles. The first-order chi connectivity index (χ1) is 7.76. The van der Waals surface area contributed by atoms with Gasteiger partial charge in [-0.1, -0.05) is 28.9 Å². The van der Waals surface area contributed by atoms with Crippen LogP contribution in [0.4, 0.5) is 0 Å². The Labute approximate surface area is 97.4 Å². The summed E-state index contributed by atoms with van der Waals surface area (Å²) < 4.78 is 0. The second-order valence-electron chi connectivity index (χ2n) is 3.41. The van der Waals surface area contributed by atoms with Crippen molar-refractivity contribution in [1.29, 1.82) is 5.26 Å². The van der Waals surface area contributed by atoms with Gasteiger partial charge in [0.2, 0.25) is 0 Å². The zero-order valence-electron chi connectivity index (χ0n) is 8.97. The molecule has 0 aliphatic carbocycles. The predicted octanol–water partition coefficient (Wildman–Crippen LogP) is 3.04. The lowest BCUT2D eigenvalue weighted by Crippen LogP contribution is -1.89. The molecule has 2 aromatic rings. The number of nitriles is 1. The highest BCUT2D eigenvalue weighted by atomic mass is 32.2. The lowest BCUT2D eigenvalue weighted by Gasteiger charge is -2.05. The lowest BCUT2D eigenvalue weighted by atomic mass is 10.1. The number of benzene rings is 2. The van der Waals surface area contributed by atoms with Gasteiger partial charge in [0.05, 0.1) is 11.6 Å². The second-order valence-corrected chi connectivity index (χ2v) is 5.09. The first kappa shape index (κ1) is 10.9. The molecule has 0 heterocycles. The van der Waals surface area contributed by atoms with E-state index in [9.17, 15) is 0 Å². The van der Waals surface area contributed by atoms with Crippen LogP contribution in [0.25, 0.3) is 10.8 Å². The summed E-state index contributed by atoms with van der Waals surface area (Å²) in [4.78, 5) is 1.07. The highest BCUT2D eigenvalue weighted by Gasteiger charge is 2.01. The van der Waals surface area contributed by atoms with Crippen LogP contribution in [0.3, 0.4) is 0 Å². The fourth-order valence-corrected chi connectivity index (χ4v) is 2.38. The van der Waals surface area contributed by atoms with Gasteiger partial charge in [0.1, 0.15) is 0 Å². The van der Waals surface area contributed by atoms with Gasteiger partial charge >= 0.3 is 0 Å². The topological polar surface area (TPSA) is 49.8 Å². The van der Waals surface area contributed by atoms with Gasteiger partial charge in [0.15, 0.2) is 0 Å². The molecule has 80 valence electrons. The molecule has 2 N–H and O–H groups in total. The smallest absolute Gasteiger partial charge is 0.0998 e. The van der Waals surface area contributed by atoms with Crippen LogP contribution in [0, 0.1) is 11.3 Å². The molecule has 0 radical (unpaired) electrons. The Hall–Kier alpha value is -1.63. The van der Waals surface area contributed by atoms with Crippen LogP contribution in [0.5, 0.6) is 0 Å². The zero-order chi connectivity index (χ0) is 11.5. The van der Waals surface area contributed by atoms with E-state index in [-0.39, 0.29) is 10.7 Å². The molecular weight excluding hydrogens is 216 g/mol. The van der Waals surface area contributed by atoms with Crippen LogP contribution in [0.1, 0.15) is 12.5 Å². The SMILES string of the molecule is C/C=S(/N)c1ccc2cccc(C#N)c2c1. The molecule has 0 aliphatic rings. The van der Waals surface area contributed by atoms with Crippen molar-refractivity contribution in [3.05, 3.63) is 42.0 Å². The summed E-state index contributed by atoms with van der Waals surface area (Å²) in [6, 6.07) is 14.0. The Bertz CT molecular complexity index is 609. The molecule has 0 aromatic heterocycles. The Morgan fingerprint density at radius 2 is 2.12 bits per heavy atom. The first-order valence-corrected chi connectivity index (χ1v) is 6.31. The Morgan fingerprint density at radius 3 is 2.81 bits per heavy atom. The van der Waals surface area contributed by atoms with Crippen LogP contribution in [-0.2, 0) is 0 Å². The quantitative estimate of drug-likeness (QED) is 0.763. The maximum absolute atomic E-state index is 9.04. The third-order valence-corrected chi connectivity index (χ3v) is 3.81. The average molecular weight is 228 g/mol. The number of fused-ring (bicyclic) bond motifs is 1. The van der Waals surface area contributed by atoms with Crippen LogP contribution in [0.2, 0.25) is 0 Å². The highest BCUT2D eigenvalue weighted by Crippen LogP contribution is 2.26. The van der Waals surface area contributed by atoms with Crippen molar-refractivity contribution in [2.75, 3.05) is 0 Å². The van der Waals surface area contributed by atoms with Crippen LogP contribution < -0.4 is 5.14 Å². The minimum atomic E-state index is -0.341. The standard InChI is InChI=1S/C13H12N2S/c1-2-16(15)12-7-6-10-4-3-5-11(9-14)13(10)8-12/h2-8H,15H2,1H3. The Kier molecular flexibility index (Phi) is 3.04. The van der Waals surface area contributed by atoms with E-state index in [1.54, 1.807) is 0 Å². The van der Waals surface area contributed by atoms with E-state index >= 15 is 0 Å². The summed E-state index contributed by atoms with van der Waals surface area (Å²) in [5, 5.41) is 19.0. The molecule has 1 atom stereocenters. The number of nitrogens with two attached hydrogens (primary N) is 1. The molecule has 3 heteroatoms. The molecule has 0 aliphatic heterocycles. The highest BCUT2D eigenvalue weighted by molar-refractivity contribution is 8.13. The molecule has 1 unspecified atom stereocenters. The summed E-state index contributed by atoms with van der Waals surface area (Å²) in [6.07, 6.45) is 0. The summed E-state index contributed by atoms with van der Waals surface area (Å²) in [5.41, 5.74) is 0.701. The largest absolute Gasteiger partial charge is 0.280 e. The third kappa shape index (κ3) is 1.85. The van der Waals surface area contributed by atoms with Crippen molar-refractivity contribution in [1.82, 2.24) is 0 Å². The second kappa shape index (κ2) is 4.48. The van der Waals surface area contributed by atoms with Gasteiger partial charge in [-0.3, -0.25) is 5.14 Å². The molecule has 0 saturated heterocycles. The molecule has 2 nitrogen and oxygen atoms in total. The van der Waals surface area contributed by atoms with Crippen molar-refractivity contribution in [2.45, 2.75) is 11.8 Å². The third-order valence-electron chi connectivity index (χ3n) is 2.50. The average Bonchev–Trinajstić information content (AvgIpc) is 2.36. The zero-order valence-corrected chi connectivity index (χ0v) is 9.79. The summed E-state index contributed by atoms with van der Waals surface area (Å²) in [5.74, 6) is 0. The van der Waals surface area contributed by atoms with Crippen molar-refractivity contribution in [2.24, 2.45) is 5.14 Å². The molecule has 2 rings (SSSR count). The minimum Gasteiger partial charge on any atom is -0.280 e. The Balaban J connectivity index is 2.74. The number of rotatable bonds is 1. The predicted molar refractivity (Wildman–Crippen MR) is 70.4 cm³/mol. The summed E-state index contributed by atoms with van der Waals surface area (Å²) in [6.45, 7) is 1.95. The van der Waals surface area contributed by atoms with Gasteiger partial charge in [-0.15, -0.1) is 0 Å². The van der Waals surface area contributed by atoms with Gasteiger partial charge in [-0.05, 0) is 35.9 Å². The van der Waals surface area contributed by atoms with Gasteiger partial charge < -0.3 is 0 Å². The molecule has 0 fully saturated rings. The van der Waals surface area contributed by atoms with E-state index in [0.717, 1.165) is 15.7 Å². The fourth-order valence-electron chi connectivity index (χ4n) is 1.63. The molecule has 0 spiro atoms. The van der Waals surface area contributed by atoms with Crippen molar-refractivity contribution in [3.63, 3.8) is 0 Å². The van der Waals surface area contributed by atoms with E-state index in [1.165, 1.54) is 0 Å². The monoisotopic (exact) mass is 228 g/mol. The summed E-state index contributed by atoms with van der Waals surface area (Å²) in [7, 11) is -0.341. The number of hydrogen-bond acceptors (Lipinski definition) is 2. The number of hydrogen-bond donors (Lipinski definition) is 1. The van der Waals surface area contributed by atoms with E-state index < -0.39 is 0 Å². The van der Waals surface area contributed by atoms with Gasteiger partial charge in [0.25, 0.3) is 0 Å². The minimum absolute atomic E-state index is 0.341. The Morgan fingerprint density at radius 1 is 1.31 bits per heavy atom. The van der Waals surface area contributed by atoms with Crippen LogP contribution in [0.15, 0.2) is 41.3 Å². The van der Waals surface area contributed by atoms with Gasteiger partial charge in [0, 0.05) is 10.3 Å². The normalized spacial score (nSPS) is 12.6. The first-order valence-electron chi connectivity index (χ1n) is 4.96. The van der Waals surface area contributed by atoms with Crippen molar-refractivity contribution < 1.29 is 0 Å². The molecule has 0 bridgehead atoms. The lowest BCUT2D eigenvalue weighted by molar-refractivity contribution is 1.47. The maximum Gasteiger partial charge on any atom is 0.0998 e. The van der Waals surface area contributed by atoms with E-state index in [4.69, 9.17) is 10.4 Å². The molecule has 0 amide bonds. The van der Waals surface area contributed by atoms with Crippen molar-refractivity contribution >= 4 is 26.8 Å². The van der Waals surface area contributed by atoms with E-state index in [2.05, 4.69) is 6.07 Å². The van der Waals surface area contributed by atoms with Crippen LogP contribution in [-0.4, -0.2) is 5.37 Å². The number of nitrogens with zero attached hydrogens (tertiary/aromatic N) is 1. The fraction of sp³-hybridized carbons (Fsp3) is 0.0769. The van der Waals surface area contributed by atoms with Gasteiger partial charge in [-0.2, -0.15) is 5.26 Å². The van der Waals surface area contributed by atoms with Crippen LogP contribution >= 0.6 is 10.7 Å². The maximum atomic E-state index is 9.04. The van der Waals surface area contributed by atoms with E-state index in [0.29, 0.717) is 5.56 Å². The summed E-state index contributed by atoms with van der Waals surface area (Å²) >= 11 is 0. The van der Waals surface area contributed by atoms with Gasteiger partial charge in [-0.25, -0.2) is 0 Å². The molecule has 0 saturated carbocycles. The molecular formula is C13H12N2S. The molecule has 16 heavy (non-hydrogen) atoms. The van der Waals surface area contributed by atoms with Crippen molar-refractivity contribution in [3.8, 4) is 6.07 Å².